The number of hydrogen-bond donors (Lipinski definition) is 1. The van der Waals surface area contributed by atoms with E-state index in [9.17, 15) is 8.42 Å². The van der Waals surface area contributed by atoms with Gasteiger partial charge in [-0.25, -0.2) is 18.4 Å². The number of H-pyrrole nitrogens is 1. The van der Waals surface area contributed by atoms with Crippen molar-refractivity contribution >= 4 is 33.2 Å². The van der Waals surface area contributed by atoms with Crippen LogP contribution < -0.4 is 4.74 Å². The highest BCUT2D eigenvalue weighted by molar-refractivity contribution is 7.89. The first-order valence-electron chi connectivity index (χ1n) is 10.7. The van der Waals surface area contributed by atoms with E-state index in [0.717, 1.165) is 22.7 Å². The first-order chi connectivity index (χ1) is 15.8. The number of aromatic nitrogens is 4. The van der Waals surface area contributed by atoms with Crippen LogP contribution in [0.5, 0.6) is 5.75 Å². The van der Waals surface area contributed by atoms with Crippen LogP contribution in [0.15, 0.2) is 53.8 Å². The monoisotopic (exact) mass is 465 g/mol. The van der Waals surface area contributed by atoms with Crippen LogP contribution in [-0.2, 0) is 10.0 Å². The fourth-order valence-electron chi connectivity index (χ4n) is 3.70. The predicted molar refractivity (Wildman–Crippen MR) is 130 cm³/mol. The van der Waals surface area contributed by atoms with Crippen LogP contribution in [0.2, 0.25) is 0 Å². The molecule has 1 N–H and O–H groups in total. The van der Waals surface area contributed by atoms with Crippen molar-refractivity contribution in [1.29, 1.82) is 0 Å². The highest BCUT2D eigenvalue weighted by Gasteiger charge is 2.22. The Morgan fingerprint density at radius 3 is 2.58 bits per heavy atom. The standard InChI is InChI=1S/C24H27N5O3S/c1-5-29(6-2)33(30,31)19-9-10-20-21(14-19)27-24(26-20)12-8-18-7-11-22(23(13-18)32-4)28-15-17(3)25-16-28/h7-16H,5-6H2,1-4H3,(H,26,27). The van der Waals surface area contributed by atoms with Gasteiger partial charge in [0.1, 0.15) is 11.6 Å². The second kappa shape index (κ2) is 9.21. The summed E-state index contributed by atoms with van der Waals surface area (Å²) >= 11 is 0. The zero-order valence-electron chi connectivity index (χ0n) is 19.1. The van der Waals surface area contributed by atoms with E-state index in [1.807, 2.05) is 61.9 Å². The molecule has 0 bridgehead atoms. The van der Waals surface area contributed by atoms with Gasteiger partial charge in [0.05, 0.1) is 40.7 Å². The zero-order valence-corrected chi connectivity index (χ0v) is 19.9. The number of fused-ring (bicyclic) bond motifs is 1. The van der Waals surface area contributed by atoms with E-state index >= 15 is 0 Å². The Morgan fingerprint density at radius 2 is 1.91 bits per heavy atom. The Morgan fingerprint density at radius 1 is 1.12 bits per heavy atom. The number of sulfonamides is 1. The van der Waals surface area contributed by atoms with Gasteiger partial charge in [-0.1, -0.05) is 26.0 Å². The van der Waals surface area contributed by atoms with E-state index in [-0.39, 0.29) is 4.90 Å². The third kappa shape index (κ3) is 4.55. The summed E-state index contributed by atoms with van der Waals surface area (Å²) in [6.45, 7) is 6.45. The van der Waals surface area contributed by atoms with Gasteiger partial charge in [0.25, 0.3) is 0 Å². The molecule has 2 aromatic carbocycles. The van der Waals surface area contributed by atoms with Crippen molar-refractivity contribution in [3.8, 4) is 11.4 Å². The van der Waals surface area contributed by atoms with Crippen molar-refractivity contribution in [3.63, 3.8) is 0 Å². The van der Waals surface area contributed by atoms with Gasteiger partial charge in [0.15, 0.2) is 0 Å². The van der Waals surface area contributed by atoms with E-state index in [2.05, 4.69) is 15.0 Å². The topological polar surface area (TPSA) is 93.1 Å². The molecule has 4 aromatic rings. The molecule has 2 aromatic heterocycles. The van der Waals surface area contributed by atoms with Crippen LogP contribution in [0.3, 0.4) is 0 Å². The fraction of sp³-hybridized carbons (Fsp3) is 0.250. The lowest BCUT2D eigenvalue weighted by Crippen LogP contribution is -2.30. The van der Waals surface area contributed by atoms with Crippen LogP contribution in [0.25, 0.3) is 28.9 Å². The molecule has 0 saturated heterocycles. The van der Waals surface area contributed by atoms with E-state index in [0.29, 0.717) is 29.9 Å². The van der Waals surface area contributed by atoms with Crippen LogP contribution in [0, 0.1) is 6.92 Å². The minimum atomic E-state index is -3.52. The number of methoxy groups -OCH3 is 1. The van der Waals surface area contributed by atoms with E-state index in [1.165, 1.54) is 4.31 Å². The Kier molecular flexibility index (Phi) is 6.35. The van der Waals surface area contributed by atoms with Gasteiger partial charge in [-0.05, 0) is 48.9 Å². The molecule has 4 rings (SSSR count). The number of ether oxygens (including phenoxy) is 1. The predicted octanol–water partition coefficient (Wildman–Crippen LogP) is 4.27. The van der Waals surface area contributed by atoms with Crippen molar-refractivity contribution in [3.05, 3.63) is 66.0 Å². The van der Waals surface area contributed by atoms with Crippen LogP contribution in [0.4, 0.5) is 0 Å². The Labute approximate surface area is 193 Å². The maximum absolute atomic E-state index is 12.8. The van der Waals surface area contributed by atoms with Gasteiger partial charge in [0, 0.05) is 19.3 Å². The molecular formula is C24H27N5O3S. The first kappa shape index (κ1) is 22.8. The summed E-state index contributed by atoms with van der Waals surface area (Å²) in [7, 11) is -1.89. The van der Waals surface area contributed by atoms with Gasteiger partial charge < -0.3 is 14.3 Å². The third-order valence-electron chi connectivity index (χ3n) is 5.44. The highest BCUT2D eigenvalue weighted by Crippen LogP contribution is 2.26. The number of imidazole rings is 2. The number of hydrogen-bond acceptors (Lipinski definition) is 5. The smallest absolute Gasteiger partial charge is 0.243 e. The summed E-state index contributed by atoms with van der Waals surface area (Å²) in [4.78, 5) is 12.3. The summed E-state index contributed by atoms with van der Waals surface area (Å²) < 4.78 is 34.5. The van der Waals surface area contributed by atoms with E-state index in [1.54, 1.807) is 31.6 Å². The van der Waals surface area contributed by atoms with Gasteiger partial charge in [-0.15, -0.1) is 0 Å². The number of nitrogens with zero attached hydrogens (tertiary/aromatic N) is 4. The normalized spacial score (nSPS) is 12.3. The number of rotatable bonds is 8. The van der Waals surface area contributed by atoms with Crippen molar-refractivity contribution in [2.45, 2.75) is 25.7 Å². The SMILES string of the molecule is CCN(CC)S(=O)(=O)c1ccc2nc(C=Cc3ccc(-n4cnc(C)c4)c(OC)c3)[nH]c2c1. The first-order valence-corrected chi connectivity index (χ1v) is 12.2. The second-order valence-corrected chi connectivity index (χ2v) is 9.52. The molecule has 0 radical (unpaired) electrons. The summed E-state index contributed by atoms with van der Waals surface area (Å²) in [6.07, 6.45) is 7.48. The summed E-state index contributed by atoms with van der Waals surface area (Å²) in [6, 6.07) is 10.9. The van der Waals surface area contributed by atoms with Crippen LogP contribution in [0.1, 0.15) is 30.9 Å². The van der Waals surface area contributed by atoms with Crippen LogP contribution >= 0.6 is 0 Å². The van der Waals surface area contributed by atoms with Gasteiger partial charge in [-0.2, -0.15) is 4.31 Å². The summed E-state index contributed by atoms with van der Waals surface area (Å²) in [5, 5.41) is 0. The van der Waals surface area contributed by atoms with Crippen molar-refractivity contribution < 1.29 is 13.2 Å². The van der Waals surface area contributed by atoms with Crippen molar-refractivity contribution in [2.75, 3.05) is 20.2 Å². The lowest BCUT2D eigenvalue weighted by Gasteiger charge is -2.18. The van der Waals surface area contributed by atoms with Gasteiger partial charge in [-0.3, -0.25) is 0 Å². The molecule has 33 heavy (non-hydrogen) atoms. The van der Waals surface area contributed by atoms with Crippen molar-refractivity contribution in [2.24, 2.45) is 0 Å². The third-order valence-corrected chi connectivity index (χ3v) is 7.49. The maximum Gasteiger partial charge on any atom is 0.243 e. The molecule has 0 fully saturated rings. The zero-order chi connectivity index (χ0) is 23.6. The molecule has 9 heteroatoms. The molecule has 172 valence electrons. The Balaban J connectivity index is 1.61. The Hall–Kier alpha value is -3.43. The number of benzene rings is 2. The summed E-state index contributed by atoms with van der Waals surface area (Å²) in [5.74, 6) is 1.36. The minimum Gasteiger partial charge on any atom is -0.495 e. The Bertz CT molecular complexity index is 1420. The lowest BCUT2D eigenvalue weighted by molar-refractivity contribution is 0.413. The fourth-order valence-corrected chi connectivity index (χ4v) is 5.18. The molecule has 0 aliphatic heterocycles. The van der Waals surface area contributed by atoms with Crippen molar-refractivity contribution in [1.82, 2.24) is 23.8 Å². The molecule has 0 atom stereocenters. The molecule has 0 aliphatic rings. The molecule has 0 aliphatic carbocycles. The number of aromatic amines is 1. The number of nitrogens with one attached hydrogen (secondary N) is 1. The minimum absolute atomic E-state index is 0.257. The van der Waals surface area contributed by atoms with E-state index < -0.39 is 10.0 Å². The molecule has 0 saturated carbocycles. The molecule has 8 nitrogen and oxygen atoms in total. The quantitative estimate of drug-likeness (QED) is 0.420. The average molecular weight is 466 g/mol. The van der Waals surface area contributed by atoms with Gasteiger partial charge >= 0.3 is 0 Å². The number of aryl methyl sites for hydroxylation is 1. The van der Waals surface area contributed by atoms with E-state index in [4.69, 9.17) is 4.74 Å². The van der Waals surface area contributed by atoms with Crippen LogP contribution in [-0.4, -0.2) is 52.4 Å². The highest BCUT2D eigenvalue weighted by atomic mass is 32.2. The maximum atomic E-state index is 12.8. The molecule has 0 spiro atoms. The lowest BCUT2D eigenvalue weighted by atomic mass is 10.1. The second-order valence-electron chi connectivity index (χ2n) is 7.58. The molecule has 0 unspecified atom stereocenters. The molecule has 2 heterocycles. The molecular weight excluding hydrogens is 438 g/mol. The molecule has 0 amide bonds. The average Bonchev–Trinajstić information content (AvgIpc) is 3.43. The largest absolute Gasteiger partial charge is 0.495 e. The summed E-state index contributed by atoms with van der Waals surface area (Å²) in [5.41, 5.74) is 4.15. The van der Waals surface area contributed by atoms with Gasteiger partial charge in [0.2, 0.25) is 10.0 Å².